The summed E-state index contributed by atoms with van der Waals surface area (Å²) < 4.78 is 10.3. The monoisotopic (exact) mass is 603 g/mol. The molecule has 2 aromatic heterocycles. The van der Waals surface area contributed by atoms with Crippen LogP contribution in [0.25, 0.3) is 10.9 Å². The molecule has 2 aromatic carbocycles. The number of likely N-dealkylation sites (tertiary alicyclic amines) is 1. The Kier molecular flexibility index (Phi) is 7.06. The summed E-state index contributed by atoms with van der Waals surface area (Å²) in [7, 11) is 0. The summed E-state index contributed by atoms with van der Waals surface area (Å²) in [5.41, 5.74) is 4.05. The highest BCUT2D eigenvalue weighted by Crippen LogP contribution is 2.41. The second kappa shape index (κ2) is 10.7. The zero-order chi connectivity index (χ0) is 28.0. The Bertz CT molecular complexity index is 1690. The summed E-state index contributed by atoms with van der Waals surface area (Å²) in [4.78, 5) is 27.3. The fourth-order valence-electron chi connectivity index (χ4n) is 6.14. The van der Waals surface area contributed by atoms with Gasteiger partial charge in [-0.25, -0.2) is 0 Å². The molecule has 0 unspecified atom stereocenters. The molecule has 2 aliphatic rings. The molecular weight excluding hydrogens is 574 g/mol. The first-order valence-corrected chi connectivity index (χ1v) is 14.1. The molecule has 2 aliphatic heterocycles. The largest absolute Gasteiger partial charge is 0.493 e. The van der Waals surface area contributed by atoms with E-state index in [0.717, 1.165) is 46.3 Å². The number of hydrogen-bond donors (Lipinski definition) is 1. The van der Waals surface area contributed by atoms with Gasteiger partial charge in [-0.15, -0.1) is 10.2 Å². The molecule has 40 heavy (non-hydrogen) atoms. The van der Waals surface area contributed by atoms with Crippen molar-refractivity contribution in [3.05, 3.63) is 86.2 Å². The van der Waals surface area contributed by atoms with Crippen LogP contribution in [-0.4, -0.2) is 44.7 Å². The first-order chi connectivity index (χ1) is 19.3. The Morgan fingerprint density at radius 2 is 1.85 bits per heavy atom. The van der Waals surface area contributed by atoms with Crippen molar-refractivity contribution in [2.45, 2.75) is 39.4 Å². The van der Waals surface area contributed by atoms with Gasteiger partial charge in [-0.1, -0.05) is 40.2 Å². The molecule has 2 atom stereocenters. The molecule has 0 radical (unpaired) electrons. The maximum absolute atomic E-state index is 12.6. The first-order valence-electron chi connectivity index (χ1n) is 13.3. The summed E-state index contributed by atoms with van der Waals surface area (Å²) in [5, 5.41) is 20.1. The lowest BCUT2D eigenvalue weighted by atomic mass is 9.83. The molecule has 0 aliphatic carbocycles. The van der Waals surface area contributed by atoms with Crippen molar-refractivity contribution >= 4 is 38.4 Å². The summed E-state index contributed by atoms with van der Waals surface area (Å²) in [6.45, 7) is 6.35. The zero-order valence-electron chi connectivity index (χ0n) is 22.4. The first kappa shape index (κ1) is 26.5. The Balaban J connectivity index is 1.24. The number of hydrogen-bond acceptors (Lipinski definition) is 6. The molecule has 6 rings (SSSR count). The van der Waals surface area contributed by atoms with Gasteiger partial charge in [0.05, 0.1) is 12.2 Å². The van der Waals surface area contributed by atoms with Crippen LogP contribution in [0.1, 0.15) is 29.2 Å². The molecule has 2 bridgehead atoms. The number of halogens is 1. The number of benzene rings is 2. The van der Waals surface area contributed by atoms with E-state index < -0.39 is 5.91 Å². The van der Waals surface area contributed by atoms with Crippen LogP contribution >= 0.6 is 15.9 Å². The number of aromatic nitrogens is 2. The Labute approximate surface area is 239 Å². The topological polar surface area (TPSA) is 101 Å². The number of piperidine rings is 1. The van der Waals surface area contributed by atoms with Gasteiger partial charge in [-0.05, 0) is 61.6 Å². The number of rotatable bonds is 6. The van der Waals surface area contributed by atoms with Crippen molar-refractivity contribution in [3.63, 3.8) is 0 Å². The number of carbonyl (C=O) groups is 1. The lowest BCUT2D eigenvalue weighted by molar-refractivity contribution is -0.120. The van der Waals surface area contributed by atoms with E-state index in [0.29, 0.717) is 30.3 Å². The van der Waals surface area contributed by atoms with Gasteiger partial charge in [-0.2, -0.15) is 0 Å². The zero-order valence-corrected chi connectivity index (χ0v) is 24.0. The Morgan fingerprint density at radius 1 is 1.07 bits per heavy atom. The molecule has 1 fully saturated rings. The van der Waals surface area contributed by atoms with E-state index >= 15 is 0 Å². The van der Waals surface area contributed by atoms with E-state index in [9.17, 15) is 14.7 Å². The lowest BCUT2D eigenvalue weighted by Crippen LogP contribution is -2.47. The molecule has 4 aromatic rings. The Morgan fingerprint density at radius 3 is 2.65 bits per heavy atom. The third-order valence-electron chi connectivity index (χ3n) is 7.88. The smallest absolute Gasteiger partial charge is 0.302 e. The van der Waals surface area contributed by atoms with E-state index in [1.165, 1.54) is 0 Å². The number of aromatic hydroxyl groups is 1. The Hall–Kier alpha value is -3.76. The lowest BCUT2D eigenvalue weighted by Gasteiger charge is -2.42. The molecule has 9 nitrogen and oxygen atoms in total. The van der Waals surface area contributed by atoms with Crippen LogP contribution in [0.4, 0.5) is 5.69 Å². The molecule has 1 N–H and O–H groups in total. The average Bonchev–Trinajstić information content (AvgIpc) is 3.17. The molecule has 4 heterocycles. The van der Waals surface area contributed by atoms with E-state index in [1.54, 1.807) is 6.07 Å². The van der Waals surface area contributed by atoms with Gasteiger partial charge in [0, 0.05) is 47.2 Å². The number of aryl methyl sites for hydroxylation is 2. The minimum absolute atomic E-state index is 0.0485. The summed E-state index contributed by atoms with van der Waals surface area (Å²) in [5.74, 6) is 0.683. The molecular formula is C30H30BrN5O4. The molecule has 0 spiro atoms. The maximum atomic E-state index is 12.6. The van der Waals surface area contributed by atoms with Gasteiger partial charge in [0.15, 0.2) is 12.3 Å². The number of pyridine rings is 1. The number of amides is 1. The van der Waals surface area contributed by atoms with Crippen molar-refractivity contribution in [1.29, 1.82) is 0 Å². The normalized spacial score (nSPS) is 18.8. The predicted octanol–water partition coefficient (Wildman–Crippen LogP) is 5.65. The number of carbonyl (C=O) groups excluding carboxylic acids is 1. The third-order valence-corrected chi connectivity index (χ3v) is 8.37. The van der Waals surface area contributed by atoms with Crippen molar-refractivity contribution in [1.82, 2.24) is 14.0 Å². The second-order valence-electron chi connectivity index (χ2n) is 10.7. The molecule has 0 saturated carbocycles. The van der Waals surface area contributed by atoms with Gasteiger partial charge in [0.25, 0.3) is 5.56 Å². The summed E-state index contributed by atoms with van der Waals surface area (Å²) in [6.07, 6.45) is 1.05. The van der Waals surface area contributed by atoms with Crippen LogP contribution in [0, 0.1) is 19.8 Å². The van der Waals surface area contributed by atoms with Gasteiger partial charge < -0.3 is 14.4 Å². The van der Waals surface area contributed by atoms with E-state index in [2.05, 4.69) is 31.1 Å². The van der Waals surface area contributed by atoms with Crippen molar-refractivity contribution in [2.24, 2.45) is 16.1 Å². The molecule has 1 amide bonds. The molecule has 10 heteroatoms. The van der Waals surface area contributed by atoms with E-state index in [4.69, 9.17) is 4.74 Å². The number of azo groups is 1. The summed E-state index contributed by atoms with van der Waals surface area (Å²) >= 11 is 3.51. The third kappa shape index (κ3) is 4.97. The number of ether oxygens (including phenoxy) is 1. The highest BCUT2D eigenvalue weighted by Gasteiger charge is 2.35. The number of fused-ring (bicyclic) bond motifs is 5. The van der Waals surface area contributed by atoms with Crippen molar-refractivity contribution in [3.8, 4) is 11.6 Å². The standard InChI is InChI=1S/C30H30BrN5O4/c1-18-5-3-6-19(2)29(18)40-16-26(37)32-33-28-23-12-22(31)9-10-25(23)36(30(28)39)17-34-13-20-11-21(15-34)24-7-4-8-27(38)35(24)14-20/h3-10,12,20-21,39H,11,13-17H2,1-2H3/t20-,21+/m1/s1. The molecule has 1 saturated heterocycles. The highest BCUT2D eigenvalue weighted by atomic mass is 79.9. The average molecular weight is 605 g/mol. The number of para-hydroxylation sites is 1. The fourth-order valence-corrected chi connectivity index (χ4v) is 6.50. The second-order valence-corrected chi connectivity index (χ2v) is 11.7. The quantitative estimate of drug-likeness (QED) is 0.287. The van der Waals surface area contributed by atoms with Crippen molar-refractivity contribution in [2.75, 3.05) is 19.7 Å². The van der Waals surface area contributed by atoms with Crippen LogP contribution in [-0.2, 0) is 18.0 Å². The van der Waals surface area contributed by atoms with Crippen molar-refractivity contribution < 1.29 is 14.6 Å². The maximum Gasteiger partial charge on any atom is 0.302 e. The SMILES string of the molecule is Cc1cccc(C)c1OCC(=O)N=Nc1c(O)n(CN2C[C@H]3C[C@@H](C2)c2cccc(=O)n2C3)c2ccc(Br)cc12. The minimum atomic E-state index is -0.546. The predicted molar refractivity (Wildman–Crippen MR) is 155 cm³/mol. The van der Waals surface area contributed by atoms with Crippen LogP contribution < -0.4 is 10.3 Å². The van der Waals surface area contributed by atoms with E-state index in [1.807, 2.05) is 71.5 Å². The van der Waals surface area contributed by atoms with Gasteiger partial charge in [-0.3, -0.25) is 19.1 Å². The molecule has 206 valence electrons. The van der Waals surface area contributed by atoms with Crippen LogP contribution in [0.3, 0.4) is 0 Å². The minimum Gasteiger partial charge on any atom is -0.493 e. The van der Waals surface area contributed by atoms with Crippen LogP contribution in [0.2, 0.25) is 0 Å². The fraction of sp³-hybridized carbons (Fsp3) is 0.333. The number of nitrogens with zero attached hydrogens (tertiary/aromatic N) is 5. The van der Waals surface area contributed by atoms with Crippen LogP contribution in [0.15, 0.2) is 74.1 Å². The van der Waals surface area contributed by atoms with Gasteiger partial charge in [0.1, 0.15) is 5.75 Å². The van der Waals surface area contributed by atoms with Gasteiger partial charge >= 0.3 is 5.91 Å². The van der Waals surface area contributed by atoms with E-state index in [-0.39, 0.29) is 29.7 Å². The van der Waals surface area contributed by atoms with Gasteiger partial charge in [0.2, 0.25) is 5.88 Å². The summed E-state index contributed by atoms with van der Waals surface area (Å²) in [6, 6.07) is 17.0. The highest BCUT2D eigenvalue weighted by molar-refractivity contribution is 9.10. The van der Waals surface area contributed by atoms with Crippen LogP contribution in [0.5, 0.6) is 11.6 Å².